The molecule has 6 aromatic rings. The Bertz CT molecular complexity index is 2840. The average Bonchev–Trinajstić information content (AvgIpc) is 3.22. The van der Waals surface area contributed by atoms with Crippen molar-refractivity contribution in [2.45, 2.75) is 54.9 Å². The van der Waals surface area contributed by atoms with E-state index in [9.17, 15) is 76.6 Å². The van der Waals surface area contributed by atoms with Gasteiger partial charge in [0.25, 0.3) is 0 Å². The molecule has 0 radical (unpaired) electrons. The number of aromatic hydroxyl groups is 12. The van der Waals surface area contributed by atoms with Crippen LogP contribution in [0.5, 0.6) is 86.2 Å². The lowest BCUT2D eigenvalue weighted by atomic mass is 9.74. The number of aliphatic hydroxyl groups is 3. The van der Waals surface area contributed by atoms with Gasteiger partial charge >= 0.3 is 0 Å². The molecular weight excluding hydrogens is 828 g/mol. The summed E-state index contributed by atoms with van der Waals surface area (Å²) in [5.74, 6) is -11.5. The van der Waals surface area contributed by atoms with Crippen LogP contribution in [-0.4, -0.2) is 94.9 Å². The number of ether oxygens (including phenoxy) is 3. The summed E-state index contributed by atoms with van der Waals surface area (Å²) in [5.41, 5.74) is -1.20. The van der Waals surface area contributed by atoms with E-state index in [1.54, 1.807) is 0 Å². The summed E-state index contributed by atoms with van der Waals surface area (Å²) in [7, 11) is 0. The van der Waals surface area contributed by atoms with E-state index in [1.165, 1.54) is 18.2 Å². The van der Waals surface area contributed by atoms with Gasteiger partial charge in [0, 0.05) is 58.5 Å². The summed E-state index contributed by atoms with van der Waals surface area (Å²) >= 11 is 0. The molecule has 15 N–H and O–H groups in total. The maximum Gasteiger partial charge on any atom is 0.157 e. The topological polar surface area (TPSA) is 331 Å². The molecule has 6 aromatic carbocycles. The lowest BCUT2D eigenvalue weighted by Gasteiger charge is -2.42. The van der Waals surface area contributed by atoms with Crippen molar-refractivity contribution in [2.75, 3.05) is 0 Å². The highest BCUT2D eigenvalue weighted by Crippen LogP contribution is 2.61. The summed E-state index contributed by atoms with van der Waals surface area (Å²) in [6.07, 6.45) is -9.81. The van der Waals surface area contributed by atoms with Crippen LogP contribution in [0.4, 0.5) is 0 Å². The first-order valence-corrected chi connectivity index (χ1v) is 19.3. The molecule has 0 aromatic heterocycles. The molecule has 0 unspecified atom stereocenters. The zero-order valence-electron chi connectivity index (χ0n) is 32.3. The molecular formula is C45H38O18. The molecule has 0 bridgehead atoms. The van der Waals surface area contributed by atoms with Crippen molar-refractivity contribution in [1.82, 2.24) is 0 Å². The van der Waals surface area contributed by atoms with E-state index in [-0.39, 0.29) is 62.6 Å². The van der Waals surface area contributed by atoms with Crippen molar-refractivity contribution in [3.05, 3.63) is 123 Å². The zero-order valence-corrected chi connectivity index (χ0v) is 32.3. The van der Waals surface area contributed by atoms with Crippen LogP contribution in [0, 0.1) is 0 Å². The molecule has 0 amide bonds. The number of phenolic OH excluding ortho intramolecular Hbond substituents is 12. The molecule has 9 rings (SSSR count). The third-order valence-electron chi connectivity index (χ3n) is 11.8. The molecule has 18 nitrogen and oxygen atoms in total. The van der Waals surface area contributed by atoms with Crippen LogP contribution >= 0.6 is 0 Å². The van der Waals surface area contributed by atoms with Gasteiger partial charge in [-0.15, -0.1) is 0 Å². The molecule has 3 aliphatic heterocycles. The van der Waals surface area contributed by atoms with Gasteiger partial charge in [-0.3, -0.25) is 0 Å². The molecule has 3 heterocycles. The van der Waals surface area contributed by atoms with E-state index >= 15 is 0 Å². The van der Waals surface area contributed by atoms with Gasteiger partial charge < -0.3 is 90.8 Å². The second-order valence-corrected chi connectivity index (χ2v) is 15.7. The third kappa shape index (κ3) is 6.46. The highest BCUT2D eigenvalue weighted by Gasteiger charge is 2.50. The lowest BCUT2D eigenvalue weighted by molar-refractivity contribution is -0.000173. The van der Waals surface area contributed by atoms with Gasteiger partial charge in [-0.25, -0.2) is 0 Å². The van der Waals surface area contributed by atoms with Gasteiger partial charge in [-0.1, -0.05) is 18.2 Å². The van der Waals surface area contributed by atoms with Crippen LogP contribution in [0.15, 0.2) is 78.9 Å². The van der Waals surface area contributed by atoms with Crippen LogP contribution in [-0.2, 0) is 6.42 Å². The second-order valence-electron chi connectivity index (χ2n) is 15.7. The Hall–Kier alpha value is -7.80. The molecule has 18 heteroatoms. The quantitative estimate of drug-likeness (QED) is 0.106. The Morgan fingerprint density at radius 1 is 0.381 bits per heavy atom. The van der Waals surface area contributed by atoms with Crippen molar-refractivity contribution >= 4 is 0 Å². The monoisotopic (exact) mass is 866 g/mol. The summed E-state index contributed by atoms with van der Waals surface area (Å²) in [6, 6.07) is 14.6. The molecule has 0 aliphatic carbocycles. The van der Waals surface area contributed by atoms with Crippen molar-refractivity contribution in [2.24, 2.45) is 0 Å². The maximum atomic E-state index is 12.6. The Balaban J connectivity index is 1.29. The first-order valence-electron chi connectivity index (χ1n) is 19.3. The van der Waals surface area contributed by atoms with Gasteiger partial charge in [0.2, 0.25) is 0 Å². The smallest absolute Gasteiger partial charge is 0.157 e. The first-order chi connectivity index (χ1) is 29.9. The summed E-state index contributed by atoms with van der Waals surface area (Å²) in [5, 5.41) is 166. The Morgan fingerprint density at radius 2 is 0.841 bits per heavy atom. The third-order valence-corrected chi connectivity index (χ3v) is 11.8. The summed E-state index contributed by atoms with van der Waals surface area (Å²) in [4.78, 5) is 0. The fraction of sp³-hybridized carbons (Fsp3) is 0.200. The minimum Gasteiger partial charge on any atom is -0.508 e. The predicted molar refractivity (Wildman–Crippen MR) is 214 cm³/mol. The van der Waals surface area contributed by atoms with E-state index in [0.29, 0.717) is 0 Å². The summed E-state index contributed by atoms with van der Waals surface area (Å²) in [6.45, 7) is 0. The van der Waals surface area contributed by atoms with E-state index < -0.39 is 123 Å². The van der Waals surface area contributed by atoms with Gasteiger partial charge in [0.05, 0.1) is 17.9 Å². The van der Waals surface area contributed by atoms with Gasteiger partial charge in [0.15, 0.2) is 46.7 Å². The van der Waals surface area contributed by atoms with Crippen LogP contribution in [0.25, 0.3) is 0 Å². The standard InChI is InChI=1S/C45H38O18/c46-18-10-27(54)33-31(11-18)61-43(16-2-5-21(48)25(52)8-16)40(59)37(33)34-29(56)14-32-36(39(34)58)38(41(60)44(62-32)17-3-6-22(49)26(53)9-17)35-28(55)13-23(50)19-12-30(57)42(63-45(19)35)15-1-4-20(47)24(51)7-15/h1-11,13-14,30,37-38,40-44,46-60H,12H2/t30-,37+,38-,40+,41-,42+,43+,44+/m0/s1. The normalized spacial score (nSPS) is 23.6. The zero-order chi connectivity index (χ0) is 44.9. The van der Waals surface area contributed by atoms with Crippen LogP contribution in [0.2, 0.25) is 0 Å². The van der Waals surface area contributed by atoms with Crippen LogP contribution < -0.4 is 14.2 Å². The Labute approximate surface area is 354 Å². The molecule has 3 aliphatic rings. The Morgan fingerprint density at radius 3 is 1.37 bits per heavy atom. The van der Waals surface area contributed by atoms with Crippen molar-refractivity contribution < 1.29 is 90.8 Å². The Kier molecular flexibility index (Phi) is 9.46. The minimum absolute atomic E-state index is 0.0518. The van der Waals surface area contributed by atoms with Gasteiger partial charge in [0.1, 0.15) is 70.1 Å². The van der Waals surface area contributed by atoms with Crippen LogP contribution in [0.1, 0.15) is 74.7 Å². The number of aliphatic hydroxyl groups excluding tert-OH is 3. The number of hydrogen-bond acceptors (Lipinski definition) is 18. The van der Waals surface area contributed by atoms with Crippen LogP contribution in [0.3, 0.4) is 0 Å². The van der Waals surface area contributed by atoms with Crippen molar-refractivity contribution in [1.29, 1.82) is 0 Å². The molecule has 0 spiro atoms. The SMILES string of the molecule is Oc1cc(O)c2c(c1)O[C@H](c1ccc(O)c(O)c1)[C@H](O)[C@H]2c1c(O)cc2c(c1O)[C@H](c1c(O)cc(O)c3c1O[C@H](c1ccc(O)c(O)c1)[C@@H](O)C3)[C@H](O)[C@@H](c1ccc(O)c(O)c1)O2. The number of hydrogen-bond donors (Lipinski definition) is 15. The highest BCUT2D eigenvalue weighted by atomic mass is 16.5. The van der Waals surface area contributed by atoms with E-state index in [2.05, 4.69) is 0 Å². The number of benzene rings is 6. The average molecular weight is 867 g/mol. The minimum atomic E-state index is -1.90. The maximum absolute atomic E-state index is 12.6. The highest BCUT2D eigenvalue weighted by molar-refractivity contribution is 5.70. The largest absolute Gasteiger partial charge is 0.508 e. The number of phenols is 12. The van der Waals surface area contributed by atoms with E-state index in [0.717, 1.165) is 60.7 Å². The fourth-order valence-corrected chi connectivity index (χ4v) is 8.93. The number of rotatable bonds is 5. The molecule has 8 atom stereocenters. The molecule has 0 saturated carbocycles. The fourth-order valence-electron chi connectivity index (χ4n) is 8.93. The van der Waals surface area contributed by atoms with Gasteiger partial charge in [-0.2, -0.15) is 0 Å². The lowest BCUT2D eigenvalue weighted by Crippen LogP contribution is -2.38. The van der Waals surface area contributed by atoms with Crippen molar-refractivity contribution in [3.63, 3.8) is 0 Å². The molecule has 326 valence electrons. The predicted octanol–water partition coefficient (Wildman–Crippen LogP) is 4.44. The second kappa shape index (κ2) is 14.7. The van der Waals surface area contributed by atoms with Crippen molar-refractivity contribution in [3.8, 4) is 86.2 Å². The molecule has 63 heavy (non-hydrogen) atoms. The van der Waals surface area contributed by atoms with Gasteiger partial charge in [-0.05, 0) is 53.1 Å². The van der Waals surface area contributed by atoms with E-state index in [4.69, 9.17) is 14.2 Å². The summed E-state index contributed by atoms with van der Waals surface area (Å²) < 4.78 is 18.6. The first kappa shape index (κ1) is 40.6. The molecule has 0 saturated heterocycles. The van der Waals surface area contributed by atoms with E-state index in [1.807, 2.05) is 0 Å². The molecule has 0 fully saturated rings. The number of fused-ring (bicyclic) bond motifs is 3.